The van der Waals surface area contributed by atoms with Crippen LogP contribution in [0, 0.1) is 17.2 Å². The molecule has 5 nitrogen and oxygen atoms in total. The molecule has 2 aliphatic rings. The summed E-state index contributed by atoms with van der Waals surface area (Å²) in [6.45, 7) is -0.217. The molecule has 2 N–H and O–H groups in total. The molecule has 150 valence electrons. The van der Waals surface area contributed by atoms with Gasteiger partial charge in [-0.25, -0.2) is 0 Å². The van der Waals surface area contributed by atoms with Gasteiger partial charge in [0.2, 0.25) is 0 Å². The first-order valence-corrected chi connectivity index (χ1v) is 10.2. The van der Waals surface area contributed by atoms with Crippen LogP contribution in [0.4, 0.5) is 0 Å². The molecule has 1 aliphatic carbocycles. The summed E-state index contributed by atoms with van der Waals surface area (Å²) >= 11 is 6.17. The molecular weight excluding hydrogens is 400 g/mol. The SMILES string of the molecule is N#Cc1ccc([C@@]23Oc4cc(Cl)cnc4[C@]2(O)[C@H](CO)C[C@H]3c2ccccc2)cc1. The summed E-state index contributed by atoms with van der Waals surface area (Å²) in [5.41, 5.74) is -0.151. The first-order chi connectivity index (χ1) is 14.5. The molecule has 5 rings (SSSR count). The molecule has 0 radical (unpaired) electrons. The van der Waals surface area contributed by atoms with Crippen molar-refractivity contribution in [1.29, 1.82) is 5.26 Å². The molecule has 0 spiro atoms. The predicted molar refractivity (Wildman–Crippen MR) is 111 cm³/mol. The van der Waals surface area contributed by atoms with Gasteiger partial charge in [-0.2, -0.15) is 5.26 Å². The van der Waals surface area contributed by atoms with Crippen LogP contribution in [0.5, 0.6) is 5.75 Å². The molecule has 0 amide bonds. The molecule has 0 saturated heterocycles. The number of aliphatic hydroxyl groups is 2. The molecule has 0 bridgehead atoms. The molecule has 1 saturated carbocycles. The van der Waals surface area contributed by atoms with E-state index in [-0.39, 0.29) is 12.5 Å². The number of nitriles is 1. The van der Waals surface area contributed by atoms with Gasteiger partial charge < -0.3 is 14.9 Å². The lowest BCUT2D eigenvalue weighted by molar-refractivity contribution is -0.136. The van der Waals surface area contributed by atoms with Crippen molar-refractivity contribution >= 4 is 11.6 Å². The van der Waals surface area contributed by atoms with Crippen molar-refractivity contribution in [3.63, 3.8) is 0 Å². The Morgan fingerprint density at radius 3 is 2.57 bits per heavy atom. The lowest BCUT2D eigenvalue weighted by Crippen LogP contribution is -2.51. The maximum Gasteiger partial charge on any atom is 0.175 e. The van der Waals surface area contributed by atoms with Crippen LogP contribution in [0.25, 0.3) is 0 Å². The Balaban J connectivity index is 1.80. The normalized spacial score (nSPS) is 29.0. The topological polar surface area (TPSA) is 86.4 Å². The van der Waals surface area contributed by atoms with Crippen molar-refractivity contribution in [2.75, 3.05) is 6.61 Å². The van der Waals surface area contributed by atoms with Crippen LogP contribution in [0.1, 0.15) is 34.7 Å². The number of hydrogen-bond acceptors (Lipinski definition) is 5. The van der Waals surface area contributed by atoms with Gasteiger partial charge in [-0.1, -0.05) is 54.1 Å². The summed E-state index contributed by atoms with van der Waals surface area (Å²) in [5, 5.41) is 32.1. The van der Waals surface area contributed by atoms with Crippen molar-refractivity contribution in [1.82, 2.24) is 4.98 Å². The number of hydrogen-bond donors (Lipinski definition) is 2. The Hall–Kier alpha value is -2.91. The monoisotopic (exact) mass is 418 g/mol. The maximum atomic E-state index is 12.2. The molecule has 0 unspecified atom stereocenters. The van der Waals surface area contributed by atoms with Crippen molar-refractivity contribution < 1.29 is 14.9 Å². The van der Waals surface area contributed by atoms with E-state index in [0.29, 0.717) is 28.5 Å². The van der Waals surface area contributed by atoms with E-state index in [1.807, 2.05) is 42.5 Å². The van der Waals surface area contributed by atoms with E-state index in [9.17, 15) is 15.5 Å². The van der Waals surface area contributed by atoms with E-state index in [1.54, 1.807) is 18.2 Å². The Morgan fingerprint density at radius 2 is 1.90 bits per heavy atom. The summed E-state index contributed by atoms with van der Waals surface area (Å²) < 4.78 is 6.57. The summed E-state index contributed by atoms with van der Waals surface area (Å²) in [4.78, 5) is 4.43. The predicted octanol–water partition coefficient (Wildman–Crippen LogP) is 3.88. The van der Waals surface area contributed by atoms with Crippen LogP contribution >= 0.6 is 11.6 Å². The number of fused-ring (bicyclic) bond motifs is 3. The van der Waals surface area contributed by atoms with Crippen LogP contribution in [-0.2, 0) is 11.2 Å². The number of rotatable bonds is 3. The average Bonchev–Trinajstić information content (AvgIpc) is 3.18. The van der Waals surface area contributed by atoms with Crippen LogP contribution in [0.15, 0.2) is 66.9 Å². The van der Waals surface area contributed by atoms with Gasteiger partial charge in [0.05, 0.1) is 16.7 Å². The molecular formula is C24H19ClN2O3. The zero-order valence-corrected chi connectivity index (χ0v) is 16.8. The van der Waals surface area contributed by atoms with Crippen molar-refractivity contribution in [3.05, 3.63) is 94.3 Å². The quantitative estimate of drug-likeness (QED) is 0.674. The second-order valence-corrected chi connectivity index (χ2v) is 8.31. The third-order valence-electron chi connectivity index (χ3n) is 6.48. The number of nitrogens with zero attached hydrogens (tertiary/aromatic N) is 2. The molecule has 2 aromatic carbocycles. The summed E-state index contributed by atoms with van der Waals surface area (Å²) in [6.07, 6.45) is 2.00. The molecule has 1 aromatic heterocycles. The van der Waals surface area contributed by atoms with E-state index >= 15 is 0 Å². The van der Waals surface area contributed by atoms with Gasteiger partial charge in [0.1, 0.15) is 11.4 Å². The number of aromatic nitrogens is 1. The van der Waals surface area contributed by atoms with E-state index in [0.717, 1.165) is 11.1 Å². The lowest BCUT2D eigenvalue weighted by Gasteiger charge is -2.41. The van der Waals surface area contributed by atoms with Crippen molar-refractivity contribution in [2.24, 2.45) is 5.92 Å². The van der Waals surface area contributed by atoms with Crippen LogP contribution in [-0.4, -0.2) is 21.8 Å². The first kappa shape index (κ1) is 19.1. The Kier molecular flexibility index (Phi) is 4.33. The van der Waals surface area contributed by atoms with Gasteiger partial charge in [0, 0.05) is 30.7 Å². The van der Waals surface area contributed by atoms with Crippen molar-refractivity contribution in [2.45, 2.75) is 23.5 Å². The Bertz CT molecular complexity index is 1150. The van der Waals surface area contributed by atoms with Gasteiger partial charge in [0.15, 0.2) is 11.2 Å². The lowest BCUT2D eigenvalue weighted by atomic mass is 9.71. The molecule has 2 heterocycles. The molecule has 1 aliphatic heterocycles. The fraction of sp³-hybridized carbons (Fsp3) is 0.250. The highest BCUT2D eigenvalue weighted by Gasteiger charge is 2.73. The fourth-order valence-electron chi connectivity index (χ4n) is 5.20. The third kappa shape index (κ3) is 2.39. The zero-order valence-electron chi connectivity index (χ0n) is 16.0. The fourth-order valence-corrected chi connectivity index (χ4v) is 5.35. The van der Waals surface area contributed by atoms with E-state index in [1.165, 1.54) is 6.20 Å². The van der Waals surface area contributed by atoms with Gasteiger partial charge in [-0.05, 0) is 29.7 Å². The van der Waals surface area contributed by atoms with Gasteiger partial charge in [0.25, 0.3) is 0 Å². The smallest absolute Gasteiger partial charge is 0.175 e. The maximum absolute atomic E-state index is 12.2. The van der Waals surface area contributed by atoms with Gasteiger partial charge >= 0.3 is 0 Å². The molecule has 30 heavy (non-hydrogen) atoms. The largest absolute Gasteiger partial charge is 0.476 e. The number of benzene rings is 2. The van der Waals surface area contributed by atoms with Crippen molar-refractivity contribution in [3.8, 4) is 11.8 Å². The molecule has 1 fully saturated rings. The van der Waals surface area contributed by atoms with Crippen LogP contribution < -0.4 is 4.74 Å². The summed E-state index contributed by atoms with van der Waals surface area (Å²) in [5.74, 6) is -0.330. The van der Waals surface area contributed by atoms with Gasteiger partial charge in [-0.15, -0.1) is 0 Å². The molecule has 6 heteroatoms. The highest BCUT2D eigenvalue weighted by atomic mass is 35.5. The van der Waals surface area contributed by atoms with Crippen LogP contribution in [0.3, 0.4) is 0 Å². The Morgan fingerprint density at radius 1 is 1.17 bits per heavy atom. The minimum absolute atomic E-state index is 0.217. The average molecular weight is 419 g/mol. The van der Waals surface area contributed by atoms with E-state index in [4.69, 9.17) is 16.3 Å². The molecule has 3 aromatic rings. The van der Waals surface area contributed by atoms with Crippen LogP contribution in [0.2, 0.25) is 5.02 Å². The number of ether oxygens (including phenoxy) is 1. The number of pyridine rings is 1. The Labute approximate surface area is 179 Å². The highest BCUT2D eigenvalue weighted by Crippen LogP contribution is 2.68. The highest BCUT2D eigenvalue weighted by molar-refractivity contribution is 6.30. The minimum atomic E-state index is -1.56. The molecule has 4 atom stereocenters. The standard InChI is InChI=1S/C24H19ClN2O3/c25-19-11-21-22(27-13-19)23(29)18(14-28)10-20(16-4-2-1-3-5-16)24(23,30-21)17-8-6-15(12-26)7-9-17/h1-9,11,13,18,20,28-29H,10,14H2/t18-,20-,23+,24-/m0/s1. The number of halogens is 1. The van der Waals surface area contributed by atoms with E-state index in [2.05, 4.69) is 11.1 Å². The second kappa shape index (κ2) is 6.82. The summed E-state index contributed by atoms with van der Waals surface area (Å²) in [7, 11) is 0. The summed E-state index contributed by atoms with van der Waals surface area (Å²) in [6, 6.07) is 20.7. The second-order valence-electron chi connectivity index (χ2n) is 7.87. The zero-order chi connectivity index (χ0) is 20.9. The third-order valence-corrected chi connectivity index (χ3v) is 6.69. The van der Waals surface area contributed by atoms with E-state index < -0.39 is 17.1 Å². The first-order valence-electron chi connectivity index (χ1n) is 9.78. The number of aliphatic hydroxyl groups excluding tert-OH is 1. The van der Waals surface area contributed by atoms with Gasteiger partial charge in [-0.3, -0.25) is 4.98 Å². The minimum Gasteiger partial charge on any atom is -0.476 e.